The van der Waals surface area contributed by atoms with Crippen LogP contribution in [0.25, 0.3) is 0 Å². The monoisotopic (exact) mass is 395 g/mol. The van der Waals surface area contributed by atoms with E-state index >= 15 is 0 Å². The molecule has 1 aromatic carbocycles. The molecule has 1 heterocycles. The van der Waals surface area contributed by atoms with Gasteiger partial charge in [0.2, 0.25) is 5.78 Å². The van der Waals surface area contributed by atoms with Gasteiger partial charge in [-0.05, 0) is 49.8 Å². The predicted octanol–water partition coefficient (Wildman–Crippen LogP) is 5.25. The van der Waals surface area contributed by atoms with Crippen molar-refractivity contribution < 1.29 is 22.8 Å². The lowest BCUT2D eigenvalue weighted by molar-refractivity contribution is -0.170. The van der Waals surface area contributed by atoms with Crippen molar-refractivity contribution in [2.75, 3.05) is 5.32 Å². The Balaban J connectivity index is 1.98. The molecule has 27 heavy (non-hydrogen) atoms. The quantitative estimate of drug-likeness (QED) is 0.719. The second-order valence-corrected chi connectivity index (χ2v) is 7.92. The molecule has 0 bridgehead atoms. The van der Waals surface area contributed by atoms with Gasteiger partial charge in [0.1, 0.15) is 0 Å². The summed E-state index contributed by atoms with van der Waals surface area (Å²) < 4.78 is 38.3. The van der Waals surface area contributed by atoms with Gasteiger partial charge in [-0.15, -0.1) is 11.3 Å². The van der Waals surface area contributed by atoms with E-state index in [-0.39, 0.29) is 10.4 Å². The lowest BCUT2D eigenvalue weighted by Crippen LogP contribution is -2.25. The number of para-hydroxylation sites is 1. The van der Waals surface area contributed by atoms with Crippen LogP contribution >= 0.6 is 11.3 Å². The molecule has 0 radical (unpaired) electrons. The summed E-state index contributed by atoms with van der Waals surface area (Å²) in [5, 5.41) is 2.81. The van der Waals surface area contributed by atoms with Crippen molar-refractivity contribution in [3.05, 3.63) is 50.7 Å². The maximum atomic E-state index is 13.0. The summed E-state index contributed by atoms with van der Waals surface area (Å²) in [5.41, 5.74) is 2.55. The summed E-state index contributed by atoms with van der Waals surface area (Å²) in [7, 11) is 0. The topological polar surface area (TPSA) is 46.2 Å². The van der Waals surface area contributed by atoms with Crippen LogP contribution < -0.4 is 5.32 Å². The first-order chi connectivity index (χ1) is 12.8. The van der Waals surface area contributed by atoms with E-state index in [1.165, 1.54) is 11.3 Å². The van der Waals surface area contributed by atoms with E-state index in [1.54, 1.807) is 12.1 Å². The van der Waals surface area contributed by atoms with Gasteiger partial charge in [0.25, 0.3) is 5.91 Å². The second-order valence-electron chi connectivity index (χ2n) is 6.73. The van der Waals surface area contributed by atoms with Crippen molar-refractivity contribution >= 4 is 28.7 Å². The number of thiophene rings is 1. The molecule has 1 aliphatic carbocycles. The van der Waals surface area contributed by atoms with Gasteiger partial charge in [-0.3, -0.25) is 9.59 Å². The van der Waals surface area contributed by atoms with Crippen molar-refractivity contribution in [2.45, 2.75) is 51.6 Å². The van der Waals surface area contributed by atoms with Gasteiger partial charge in [0.05, 0.1) is 12.0 Å². The molecule has 0 atom stereocenters. The van der Waals surface area contributed by atoms with Crippen molar-refractivity contribution in [3.8, 4) is 0 Å². The van der Waals surface area contributed by atoms with Gasteiger partial charge >= 0.3 is 6.18 Å². The number of anilines is 1. The number of carbonyl (C=O) groups is 2. The molecular weight excluding hydrogens is 375 g/mol. The number of hydrogen-bond donors (Lipinski definition) is 1. The number of fused-ring (bicyclic) bond motifs is 1. The standard InChI is InChI=1S/C20H20F3NO2S/c1-12-7-5-6-9-14(12)24-19(26)18-13-8-3-2-4-10-15(13)27-16(18)11-17(25)20(21,22)23/h5-7,9H,2-4,8,10-11H2,1H3,(H,24,26). The highest BCUT2D eigenvalue weighted by atomic mass is 32.1. The minimum atomic E-state index is -4.90. The average molecular weight is 395 g/mol. The van der Waals surface area contributed by atoms with Crippen LogP contribution in [-0.2, 0) is 24.1 Å². The van der Waals surface area contributed by atoms with Crippen LogP contribution in [0.5, 0.6) is 0 Å². The van der Waals surface area contributed by atoms with E-state index in [4.69, 9.17) is 0 Å². The van der Waals surface area contributed by atoms with E-state index in [1.807, 2.05) is 19.1 Å². The summed E-state index contributed by atoms with van der Waals surface area (Å²) in [4.78, 5) is 25.7. The first kappa shape index (κ1) is 19.6. The van der Waals surface area contributed by atoms with Gasteiger partial charge in [-0.25, -0.2) is 0 Å². The third kappa shape index (κ3) is 4.40. The molecule has 0 fully saturated rings. The van der Waals surface area contributed by atoms with Crippen LogP contribution in [0.2, 0.25) is 0 Å². The Bertz CT molecular complexity index is 871. The fourth-order valence-corrected chi connectivity index (χ4v) is 4.72. The van der Waals surface area contributed by atoms with Crippen LogP contribution in [0.3, 0.4) is 0 Å². The van der Waals surface area contributed by atoms with Crippen LogP contribution in [0.15, 0.2) is 24.3 Å². The third-order valence-electron chi connectivity index (χ3n) is 4.75. The minimum Gasteiger partial charge on any atom is -0.322 e. The molecule has 0 unspecified atom stereocenters. The molecule has 0 saturated heterocycles. The van der Waals surface area contributed by atoms with Crippen LogP contribution in [-0.4, -0.2) is 17.9 Å². The SMILES string of the molecule is Cc1ccccc1NC(=O)c1c(CC(=O)C(F)(F)F)sc2c1CCCCC2. The number of alkyl halides is 3. The van der Waals surface area contributed by atoms with Crippen molar-refractivity contribution in [2.24, 2.45) is 0 Å². The molecule has 1 N–H and O–H groups in total. The number of ketones is 1. The molecule has 1 amide bonds. The number of aryl methyl sites for hydroxylation is 2. The molecule has 1 aromatic heterocycles. The summed E-state index contributed by atoms with van der Waals surface area (Å²) in [6.45, 7) is 1.85. The summed E-state index contributed by atoms with van der Waals surface area (Å²) in [6, 6.07) is 7.22. The number of halogens is 3. The summed E-state index contributed by atoms with van der Waals surface area (Å²) in [6.07, 6.45) is -1.42. The van der Waals surface area contributed by atoms with Crippen molar-refractivity contribution in [1.29, 1.82) is 0 Å². The van der Waals surface area contributed by atoms with E-state index < -0.39 is 24.3 Å². The van der Waals surface area contributed by atoms with E-state index in [0.29, 0.717) is 12.1 Å². The zero-order valence-corrected chi connectivity index (χ0v) is 15.7. The van der Waals surface area contributed by atoms with Crippen LogP contribution in [0, 0.1) is 6.92 Å². The van der Waals surface area contributed by atoms with Crippen molar-refractivity contribution in [1.82, 2.24) is 0 Å². The molecule has 7 heteroatoms. The Hall–Kier alpha value is -2.15. The smallest absolute Gasteiger partial charge is 0.322 e. The summed E-state index contributed by atoms with van der Waals surface area (Å²) >= 11 is 1.18. The van der Waals surface area contributed by atoms with Gasteiger partial charge in [0, 0.05) is 15.4 Å². The Morgan fingerprint density at radius 3 is 2.52 bits per heavy atom. The first-order valence-corrected chi connectivity index (χ1v) is 9.69. The van der Waals surface area contributed by atoms with E-state index in [0.717, 1.165) is 41.7 Å². The minimum absolute atomic E-state index is 0.218. The molecule has 2 aromatic rings. The maximum absolute atomic E-state index is 13.0. The average Bonchev–Trinajstić information content (AvgIpc) is 2.77. The number of Topliss-reactive ketones (excluding diaryl/α,β-unsaturated/α-hetero) is 1. The zero-order valence-electron chi connectivity index (χ0n) is 14.9. The number of nitrogens with one attached hydrogen (secondary N) is 1. The van der Waals surface area contributed by atoms with Gasteiger partial charge < -0.3 is 5.32 Å². The van der Waals surface area contributed by atoms with Gasteiger partial charge in [0.15, 0.2) is 0 Å². The Labute approximate surface area is 159 Å². The van der Waals surface area contributed by atoms with Gasteiger partial charge in [-0.2, -0.15) is 13.2 Å². The highest BCUT2D eigenvalue weighted by Crippen LogP contribution is 2.36. The molecule has 0 spiro atoms. The fraction of sp³-hybridized carbons (Fsp3) is 0.400. The number of amides is 1. The van der Waals surface area contributed by atoms with Crippen LogP contribution in [0.4, 0.5) is 18.9 Å². The number of benzene rings is 1. The Kier molecular flexibility index (Phi) is 5.69. The van der Waals surface area contributed by atoms with Crippen LogP contribution in [0.1, 0.15) is 50.5 Å². The lowest BCUT2D eigenvalue weighted by atomic mass is 10.0. The lowest BCUT2D eigenvalue weighted by Gasteiger charge is -2.11. The van der Waals surface area contributed by atoms with E-state index in [9.17, 15) is 22.8 Å². The molecule has 1 aliphatic rings. The Morgan fingerprint density at radius 2 is 1.81 bits per heavy atom. The normalized spacial score (nSPS) is 14.4. The zero-order chi connectivity index (χ0) is 19.6. The highest BCUT2D eigenvalue weighted by Gasteiger charge is 2.39. The maximum Gasteiger partial charge on any atom is 0.450 e. The second kappa shape index (κ2) is 7.84. The number of carbonyl (C=O) groups excluding carboxylic acids is 2. The molecule has 3 rings (SSSR count). The Morgan fingerprint density at radius 1 is 1.11 bits per heavy atom. The third-order valence-corrected chi connectivity index (χ3v) is 6.04. The highest BCUT2D eigenvalue weighted by molar-refractivity contribution is 7.12. The number of rotatable bonds is 4. The van der Waals surface area contributed by atoms with Crippen molar-refractivity contribution in [3.63, 3.8) is 0 Å². The fourth-order valence-electron chi connectivity index (χ4n) is 3.33. The predicted molar refractivity (Wildman–Crippen MR) is 99.5 cm³/mol. The van der Waals surface area contributed by atoms with E-state index in [2.05, 4.69) is 5.32 Å². The molecule has 3 nitrogen and oxygen atoms in total. The van der Waals surface area contributed by atoms with Gasteiger partial charge in [-0.1, -0.05) is 24.6 Å². The summed E-state index contributed by atoms with van der Waals surface area (Å²) in [5.74, 6) is -2.25. The molecule has 0 aliphatic heterocycles. The molecule has 144 valence electrons. The largest absolute Gasteiger partial charge is 0.450 e. The molecular formula is C20H20F3NO2S. The number of hydrogen-bond acceptors (Lipinski definition) is 3. The molecule has 0 saturated carbocycles. The first-order valence-electron chi connectivity index (χ1n) is 8.88.